The Labute approximate surface area is 420 Å². The van der Waals surface area contributed by atoms with Crippen molar-refractivity contribution in [2.75, 3.05) is 27.2 Å². The largest absolute Gasteiger partial charge is 0.481 e. The normalized spacial score (nSPS) is 14.3. The predicted octanol–water partition coefficient (Wildman–Crippen LogP) is 17.1. The van der Waals surface area contributed by atoms with Gasteiger partial charge in [-0.05, 0) is 39.8 Å². The lowest BCUT2D eigenvalue weighted by molar-refractivity contribution is -0.180. The summed E-state index contributed by atoms with van der Waals surface area (Å²) in [4.78, 5) is 46.3. The Kier molecular flexibility index (Phi) is 55.6. The smallest absolute Gasteiger partial charge is 0.308 e. The lowest BCUT2D eigenvalue weighted by atomic mass is 10.0. The Morgan fingerprint density at radius 2 is 0.706 bits per heavy atom. The van der Waals surface area contributed by atoms with Crippen LogP contribution in [0, 0.1) is 0 Å². The second kappa shape index (κ2) is 55.7. The fraction of sp³-hybridized carbons (Fsp3) is 0.931. The molecule has 68 heavy (non-hydrogen) atoms. The Bertz CT molecular complexity index is 1050. The van der Waals surface area contributed by atoms with Crippen LogP contribution in [0.3, 0.4) is 0 Å². The lowest BCUT2D eigenvalue weighted by Gasteiger charge is -2.15. The van der Waals surface area contributed by atoms with E-state index >= 15 is 0 Å². The van der Waals surface area contributed by atoms with E-state index in [2.05, 4.69) is 20.8 Å². The predicted molar refractivity (Wildman–Crippen MR) is 284 cm³/mol. The minimum Gasteiger partial charge on any atom is -0.481 e. The molecule has 0 unspecified atom stereocenters. The van der Waals surface area contributed by atoms with E-state index in [0.717, 1.165) is 44.9 Å². The summed E-state index contributed by atoms with van der Waals surface area (Å²) >= 11 is 0. The molecule has 1 heterocycles. The van der Waals surface area contributed by atoms with Gasteiger partial charge < -0.3 is 29.3 Å². The molecule has 10 nitrogen and oxygen atoms in total. The van der Waals surface area contributed by atoms with Gasteiger partial charge in [0, 0.05) is 32.2 Å². The number of rotatable bonds is 48. The Morgan fingerprint density at radius 3 is 1.00 bits per heavy atom. The number of hydrogen-bond donors (Lipinski definition) is 2. The van der Waals surface area contributed by atoms with Gasteiger partial charge in [-0.1, -0.05) is 252 Å². The van der Waals surface area contributed by atoms with Crippen LogP contribution in [0.4, 0.5) is 0 Å². The molecule has 1 fully saturated rings. The molecule has 0 spiro atoms. The zero-order chi connectivity index (χ0) is 50.4. The Balaban J connectivity index is 0. The molecule has 0 amide bonds. The van der Waals surface area contributed by atoms with E-state index in [1.807, 2.05) is 19.0 Å². The van der Waals surface area contributed by atoms with E-state index in [-0.39, 0.29) is 24.6 Å². The summed E-state index contributed by atoms with van der Waals surface area (Å²) in [6.07, 6.45) is 52.9. The van der Waals surface area contributed by atoms with E-state index in [1.165, 1.54) is 212 Å². The summed E-state index contributed by atoms with van der Waals surface area (Å²) in [5.74, 6) is -1.71. The highest BCUT2D eigenvalue weighted by atomic mass is 16.7. The first-order valence-corrected chi connectivity index (χ1v) is 29.1. The van der Waals surface area contributed by atoms with E-state index in [0.29, 0.717) is 38.6 Å². The molecule has 2 atom stereocenters. The van der Waals surface area contributed by atoms with E-state index < -0.39 is 18.2 Å². The molecule has 0 radical (unpaired) electrons. The molecule has 1 aliphatic heterocycles. The topological polar surface area (TPSA) is 140 Å². The van der Waals surface area contributed by atoms with Crippen molar-refractivity contribution >= 4 is 23.9 Å². The number of nitrogens with zero attached hydrogens (tertiary/aromatic N) is 1. The number of esters is 2. The van der Waals surface area contributed by atoms with Crippen LogP contribution in [0.25, 0.3) is 0 Å². The van der Waals surface area contributed by atoms with Gasteiger partial charge >= 0.3 is 23.9 Å². The quantitative estimate of drug-likeness (QED) is 0.0447. The SMILES string of the molecule is CCCCCCCCCCCCCCCC(=O)O.CCCCCCCCCCCCCCCC(=O)O.CCCCCCCCCCCCCCCC(=O)O[C@H]1CC[C@@H](COC(=O)CCN(C)C)O1. The minimum atomic E-state index is -0.655. The summed E-state index contributed by atoms with van der Waals surface area (Å²) in [6, 6.07) is 0. The van der Waals surface area contributed by atoms with Crippen molar-refractivity contribution in [3.05, 3.63) is 0 Å². The van der Waals surface area contributed by atoms with Crippen LogP contribution < -0.4 is 0 Å². The zero-order valence-electron chi connectivity index (χ0n) is 45.6. The molecule has 0 bridgehead atoms. The van der Waals surface area contributed by atoms with Crippen LogP contribution in [-0.2, 0) is 33.4 Å². The molecule has 0 saturated carbocycles. The maximum atomic E-state index is 12.0. The molecular weight excluding hydrogens is 855 g/mol. The van der Waals surface area contributed by atoms with Crippen LogP contribution >= 0.6 is 0 Å². The van der Waals surface area contributed by atoms with Gasteiger partial charge in [0.05, 0.1) is 12.5 Å². The van der Waals surface area contributed by atoms with Crippen molar-refractivity contribution in [3.63, 3.8) is 0 Å². The first-order chi connectivity index (χ1) is 33.0. The first-order valence-electron chi connectivity index (χ1n) is 29.1. The Hall–Kier alpha value is -2.20. The number of carboxylic acids is 2. The average Bonchev–Trinajstić information content (AvgIpc) is 3.76. The number of aliphatic carboxylic acids is 2. The second-order valence-corrected chi connectivity index (χ2v) is 20.3. The second-order valence-electron chi connectivity index (χ2n) is 20.3. The lowest BCUT2D eigenvalue weighted by Crippen LogP contribution is -2.24. The molecule has 404 valence electrons. The van der Waals surface area contributed by atoms with Crippen molar-refractivity contribution in [2.45, 2.75) is 322 Å². The van der Waals surface area contributed by atoms with E-state index in [4.69, 9.17) is 24.4 Å². The highest BCUT2D eigenvalue weighted by molar-refractivity contribution is 5.70. The van der Waals surface area contributed by atoms with Gasteiger partial charge in [0.1, 0.15) is 6.61 Å². The maximum absolute atomic E-state index is 12.0. The summed E-state index contributed by atoms with van der Waals surface area (Å²) in [5, 5.41) is 17.0. The van der Waals surface area contributed by atoms with Gasteiger partial charge in [-0.25, -0.2) is 0 Å². The highest BCUT2D eigenvalue weighted by Gasteiger charge is 2.29. The zero-order valence-corrected chi connectivity index (χ0v) is 45.6. The van der Waals surface area contributed by atoms with E-state index in [9.17, 15) is 19.2 Å². The molecule has 1 saturated heterocycles. The number of carboxylic acid groups (broad SMARTS) is 2. The number of hydrogen-bond acceptors (Lipinski definition) is 8. The molecule has 1 rings (SSSR count). The molecule has 0 aliphatic carbocycles. The standard InChI is InChI=1S/C26H49NO5.2C16H32O2/c1-4-5-6-7-8-9-10-11-12-13-14-15-16-17-25(29)32-26-19-18-23(31-26)22-30-24(28)20-21-27(2)3;2*1-2-3-4-5-6-7-8-9-10-11-12-13-14-15-16(17)18/h23,26H,4-22H2,1-3H3;2*2-15H2,1H3,(H,17,18)/t23-,26-;;/m0../s1. The molecule has 1 aliphatic rings. The van der Waals surface area contributed by atoms with Crippen molar-refractivity contribution in [1.82, 2.24) is 4.90 Å². The summed E-state index contributed by atoms with van der Waals surface area (Å²) < 4.78 is 16.4. The van der Waals surface area contributed by atoms with E-state index in [1.54, 1.807) is 0 Å². The van der Waals surface area contributed by atoms with Gasteiger partial charge in [0.2, 0.25) is 6.29 Å². The number of carbonyl (C=O) groups excluding carboxylic acids is 2. The highest BCUT2D eigenvalue weighted by Crippen LogP contribution is 2.22. The molecule has 2 N–H and O–H groups in total. The third-order valence-electron chi connectivity index (χ3n) is 13.0. The van der Waals surface area contributed by atoms with Crippen molar-refractivity contribution in [3.8, 4) is 0 Å². The summed E-state index contributed by atoms with van der Waals surface area (Å²) in [6.45, 7) is 7.69. The summed E-state index contributed by atoms with van der Waals surface area (Å²) in [7, 11) is 3.84. The first kappa shape index (κ1) is 67.9. The molecular formula is C58H113NO9. The van der Waals surface area contributed by atoms with Crippen molar-refractivity contribution in [1.29, 1.82) is 0 Å². The molecule has 10 heteroatoms. The number of carbonyl (C=O) groups is 4. The van der Waals surface area contributed by atoms with Gasteiger partial charge in [-0.3, -0.25) is 19.2 Å². The third-order valence-corrected chi connectivity index (χ3v) is 13.0. The monoisotopic (exact) mass is 968 g/mol. The third kappa shape index (κ3) is 58.1. The number of ether oxygens (including phenoxy) is 3. The van der Waals surface area contributed by atoms with Gasteiger partial charge in [-0.2, -0.15) is 0 Å². The molecule has 0 aromatic heterocycles. The van der Waals surface area contributed by atoms with Crippen molar-refractivity contribution < 1.29 is 43.6 Å². The van der Waals surface area contributed by atoms with Crippen LogP contribution in [0.5, 0.6) is 0 Å². The fourth-order valence-corrected chi connectivity index (χ4v) is 8.54. The summed E-state index contributed by atoms with van der Waals surface area (Å²) in [5.41, 5.74) is 0. The fourth-order valence-electron chi connectivity index (χ4n) is 8.54. The van der Waals surface area contributed by atoms with Crippen LogP contribution in [-0.4, -0.2) is 78.6 Å². The molecule has 0 aromatic carbocycles. The maximum Gasteiger partial charge on any atom is 0.308 e. The van der Waals surface area contributed by atoms with Gasteiger partial charge in [0.25, 0.3) is 0 Å². The van der Waals surface area contributed by atoms with Crippen LogP contribution in [0.2, 0.25) is 0 Å². The van der Waals surface area contributed by atoms with Gasteiger partial charge in [0.15, 0.2) is 0 Å². The number of unbranched alkanes of at least 4 members (excludes halogenated alkanes) is 36. The average molecular weight is 969 g/mol. The van der Waals surface area contributed by atoms with Crippen molar-refractivity contribution in [2.24, 2.45) is 0 Å². The minimum absolute atomic E-state index is 0.174. The van der Waals surface area contributed by atoms with Gasteiger partial charge in [-0.15, -0.1) is 0 Å². The van der Waals surface area contributed by atoms with Crippen LogP contribution in [0.1, 0.15) is 310 Å². The molecule has 0 aromatic rings. The van der Waals surface area contributed by atoms with Crippen LogP contribution in [0.15, 0.2) is 0 Å². The Morgan fingerprint density at radius 1 is 0.412 bits per heavy atom.